The van der Waals surface area contributed by atoms with E-state index in [2.05, 4.69) is 20.2 Å². The molecule has 2 N–H and O–H groups in total. The maximum Gasteiger partial charge on any atom is 0.326 e. The molecular formula is C19H27N5O3. The highest BCUT2D eigenvalue weighted by Crippen LogP contribution is 2.46. The van der Waals surface area contributed by atoms with Gasteiger partial charge in [0.25, 0.3) is 0 Å². The molecule has 3 aliphatic rings. The summed E-state index contributed by atoms with van der Waals surface area (Å²) in [5, 5.41) is 12.6. The Labute approximate surface area is 159 Å². The summed E-state index contributed by atoms with van der Waals surface area (Å²) in [5.74, 6) is 0.755. The van der Waals surface area contributed by atoms with E-state index in [0.717, 1.165) is 50.3 Å². The lowest BCUT2D eigenvalue weighted by Gasteiger charge is -2.39. The number of aromatic nitrogens is 2. The van der Waals surface area contributed by atoms with Gasteiger partial charge in [0.05, 0.1) is 0 Å². The van der Waals surface area contributed by atoms with E-state index < -0.39 is 12.0 Å². The van der Waals surface area contributed by atoms with Gasteiger partial charge in [-0.15, -0.1) is 0 Å². The predicted molar refractivity (Wildman–Crippen MR) is 101 cm³/mol. The van der Waals surface area contributed by atoms with Gasteiger partial charge in [0, 0.05) is 44.4 Å². The second-order valence-electron chi connectivity index (χ2n) is 8.23. The number of piperidine rings is 1. The molecule has 3 heterocycles. The molecule has 27 heavy (non-hydrogen) atoms. The fraction of sp³-hybridized carbons (Fsp3) is 0.684. The van der Waals surface area contributed by atoms with E-state index >= 15 is 0 Å². The van der Waals surface area contributed by atoms with Gasteiger partial charge in [-0.2, -0.15) is 4.98 Å². The van der Waals surface area contributed by atoms with E-state index in [4.69, 9.17) is 0 Å². The molecule has 0 bridgehead atoms. The van der Waals surface area contributed by atoms with Gasteiger partial charge in [-0.25, -0.2) is 9.78 Å². The van der Waals surface area contributed by atoms with Crippen LogP contribution in [0.25, 0.3) is 0 Å². The Kier molecular flexibility index (Phi) is 4.44. The predicted octanol–water partition coefficient (Wildman–Crippen LogP) is 1.51. The molecule has 1 aliphatic carbocycles. The number of aryl methyl sites for hydroxylation is 1. The summed E-state index contributed by atoms with van der Waals surface area (Å²) < 4.78 is 0. The molecule has 1 atom stereocenters. The van der Waals surface area contributed by atoms with Gasteiger partial charge in [0.15, 0.2) is 0 Å². The lowest BCUT2D eigenvalue weighted by molar-refractivity contribution is -0.148. The van der Waals surface area contributed by atoms with Gasteiger partial charge in [0.1, 0.15) is 11.9 Å². The van der Waals surface area contributed by atoms with Crippen molar-refractivity contribution in [1.29, 1.82) is 0 Å². The van der Waals surface area contributed by atoms with E-state index in [1.54, 1.807) is 11.9 Å². The lowest BCUT2D eigenvalue weighted by atomic mass is 9.76. The van der Waals surface area contributed by atoms with Crippen LogP contribution in [0.5, 0.6) is 0 Å². The maximum absolute atomic E-state index is 12.6. The highest BCUT2D eigenvalue weighted by molar-refractivity contribution is 5.87. The number of nitrogens with zero attached hydrogens (tertiary/aromatic N) is 4. The molecule has 8 heteroatoms. The Morgan fingerprint density at radius 1 is 1.26 bits per heavy atom. The molecule has 0 aromatic carbocycles. The fourth-order valence-corrected chi connectivity index (χ4v) is 4.47. The van der Waals surface area contributed by atoms with E-state index in [0.29, 0.717) is 18.9 Å². The van der Waals surface area contributed by atoms with Crippen LogP contribution in [0.2, 0.25) is 0 Å². The van der Waals surface area contributed by atoms with Crippen molar-refractivity contribution in [3.63, 3.8) is 0 Å². The highest BCUT2D eigenvalue weighted by Gasteiger charge is 2.51. The second kappa shape index (κ2) is 6.65. The minimum Gasteiger partial charge on any atom is -0.480 e. The average Bonchev–Trinajstić information content (AvgIpc) is 3.43. The SMILES string of the molecule is CNc1nc(C)cc(N2CCC3(CC2)CC(C(=O)O)N(C(=O)C2CC2)C3)n1. The number of hydrogen-bond acceptors (Lipinski definition) is 6. The Balaban J connectivity index is 1.47. The first kappa shape index (κ1) is 18.0. The summed E-state index contributed by atoms with van der Waals surface area (Å²) in [7, 11) is 1.81. The fourth-order valence-electron chi connectivity index (χ4n) is 4.47. The zero-order valence-electron chi connectivity index (χ0n) is 15.9. The van der Waals surface area contributed by atoms with Gasteiger partial charge < -0.3 is 20.2 Å². The Morgan fingerprint density at radius 3 is 2.56 bits per heavy atom. The van der Waals surface area contributed by atoms with Gasteiger partial charge >= 0.3 is 5.97 Å². The van der Waals surface area contributed by atoms with Crippen LogP contribution in [-0.4, -0.2) is 64.6 Å². The van der Waals surface area contributed by atoms with Crippen molar-refractivity contribution in [1.82, 2.24) is 14.9 Å². The van der Waals surface area contributed by atoms with Crippen LogP contribution in [0.1, 0.15) is 37.8 Å². The van der Waals surface area contributed by atoms with E-state index in [9.17, 15) is 14.7 Å². The van der Waals surface area contributed by atoms with Crippen LogP contribution in [0.15, 0.2) is 6.07 Å². The molecule has 1 amide bonds. The number of rotatable bonds is 4. The summed E-state index contributed by atoms with van der Waals surface area (Å²) in [6.45, 7) is 4.17. The molecule has 1 unspecified atom stereocenters. The summed E-state index contributed by atoms with van der Waals surface area (Å²) in [4.78, 5) is 37.1. The molecule has 8 nitrogen and oxygen atoms in total. The number of hydrogen-bond donors (Lipinski definition) is 2. The molecule has 3 fully saturated rings. The minimum atomic E-state index is -0.867. The smallest absolute Gasteiger partial charge is 0.326 e. The zero-order valence-corrected chi connectivity index (χ0v) is 15.9. The van der Waals surface area contributed by atoms with E-state index in [-0.39, 0.29) is 17.2 Å². The van der Waals surface area contributed by atoms with Crippen molar-refractivity contribution in [2.45, 2.75) is 45.1 Å². The van der Waals surface area contributed by atoms with Crippen molar-refractivity contribution in [2.75, 3.05) is 36.9 Å². The van der Waals surface area contributed by atoms with Crippen molar-refractivity contribution in [3.8, 4) is 0 Å². The highest BCUT2D eigenvalue weighted by atomic mass is 16.4. The first-order valence-corrected chi connectivity index (χ1v) is 9.72. The molecule has 146 valence electrons. The van der Waals surface area contributed by atoms with Crippen LogP contribution in [0, 0.1) is 18.3 Å². The van der Waals surface area contributed by atoms with Crippen molar-refractivity contribution >= 4 is 23.6 Å². The number of carboxylic acids is 1. The summed E-state index contributed by atoms with van der Waals surface area (Å²) in [5.41, 5.74) is 0.829. The van der Waals surface area contributed by atoms with Gasteiger partial charge in [-0.3, -0.25) is 4.79 Å². The third-order valence-electron chi connectivity index (χ3n) is 6.22. The second-order valence-corrected chi connectivity index (χ2v) is 8.23. The number of anilines is 2. The van der Waals surface area contributed by atoms with Crippen LogP contribution < -0.4 is 10.2 Å². The number of amides is 1. The average molecular weight is 373 g/mol. The topological polar surface area (TPSA) is 98.7 Å². The summed E-state index contributed by atoms with van der Waals surface area (Å²) in [6, 6.07) is 1.32. The quantitative estimate of drug-likeness (QED) is 0.825. The molecule has 4 rings (SSSR count). The third-order valence-corrected chi connectivity index (χ3v) is 6.22. The number of likely N-dealkylation sites (tertiary alicyclic amines) is 1. The molecule has 1 aromatic heterocycles. The van der Waals surface area contributed by atoms with Crippen molar-refractivity contribution in [3.05, 3.63) is 11.8 Å². The van der Waals surface area contributed by atoms with E-state index in [1.807, 2.05) is 13.0 Å². The van der Waals surface area contributed by atoms with Crippen LogP contribution in [0.3, 0.4) is 0 Å². The van der Waals surface area contributed by atoms with E-state index in [1.165, 1.54) is 0 Å². The summed E-state index contributed by atoms with van der Waals surface area (Å²) in [6.07, 6.45) is 4.14. The number of carbonyl (C=O) groups is 2. The van der Waals surface area contributed by atoms with Gasteiger partial charge in [0.2, 0.25) is 11.9 Å². The molecule has 1 spiro atoms. The molecule has 2 saturated heterocycles. The molecular weight excluding hydrogens is 346 g/mol. The number of nitrogens with one attached hydrogen (secondary N) is 1. The normalized spacial score (nSPS) is 24.3. The molecule has 0 radical (unpaired) electrons. The number of carbonyl (C=O) groups excluding carboxylic acids is 1. The van der Waals surface area contributed by atoms with Crippen LogP contribution >= 0.6 is 0 Å². The zero-order chi connectivity index (χ0) is 19.2. The maximum atomic E-state index is 12.6. The first-order valence-electron chi connectivity index (χ1n) is 9.72. The van der Waals surface area contributed by atoms with Crippen LogP contribution in [-0.2, 0) is 9.59 Å². The number of carboxylic acid groups (broad SMARTS) is 1. The van der Waals surface area contributed by atoms with Gasteiger partial charge in [-0.1, -0.05) is 0 Å². The van der Waals surface area contributed by atoms with Crippen molar-refractivity contribution in [2.24, 2.45) is 11.3 Å². The summed E-state index contributed by atoms with van der Waals surface area (Å²) >= 11 is 0. The van der Waals surface area contributed by atoms with Crippen LogP contribution in [0.4, 0.5) is 11.8 Å². The molecule has 2 aliphatic heterocycles. The largest absolute Gasteiger partial charge is 0.480 e. The number of aliphatic carboxylic acids is 1. The monoisotopic (exact) mass is 373 g/mol. The minimum absolute atomic E-state index is 0.0480. The lowest BCUT2D eigenvalue weighted by Crippen LogP contribution is -2.43. The Bertz CT molecular complexity index is 756. The molecule has 1 saturated carbocycles. The van der Waals surface area contributed by atoms with Crippen molar-refractivity contribution < 1.29 is 14.7 Å². The first-order chi connectivity index (χ1) is 12.9. The van der Waals surface area contributed by atoms with Gasteiger partial charge in [-0.05, 0) is 44.4 Å². The Hall–Kier alpha value is -2.38. The molecule has 1 aromatic rings. The standard InChI is InChI=1S/C19H27N5O3/c1-12-9-15(22-18(20-2)21-12)23-7-5-19(6-8-23)10-14(17(26)27)24(11-19)16(25)13-3-4-13/h9,13-14H,3-8,10-11H2,1-2H3,(H,26,27)(H,20,21,22). The Morgan fingerprint density at radius 2 is 1.96 bits per heavy atom. The third kappa shape index (κ3) is 3.44.